The first-order valence-electron chi connectivity index (χ1n) is 5.00. The number of ether oxygens (including phenoxy) is 2. The first kappa shape index (κ1) is 13.0. The molecule has 0 N–H and O–H groups in total. The van der Waals surface area contributed by atoms with E-state index in [4.69, 9.17) is 10.00 Å². The van der Waals surface area contributed by atoms with Crippen LogP contribution in [0.15, 0.2) is 18.2 Å². The molecule has 0 fully saturated rings. The van der Waals surface area contributed by atoms with Gasteiger partial charge < -0.3 is 9.47 Å². The van der Waals surface area contributed by atoms with Crippen LogP contribution >= 0.6 is 0 Å². The molecule has 1 unspecified atom stereocenters. The van der Waals surface area contributed by atoms with Gasteiger partial charge >= 0.3 is 5.97 Å². The molecule has 0 amide bonds. The molecule has 1 rings (SSSR count). The van der Waals surface area contributed by atoms with Crippen molar-refractivity contribution in [1.29, 1.82) is 5.26 Å². The summed E-state index contributed by atoms with van der Waals surface area (Å²) in [6.07, 6.45) is -0.450. The minimum absolute atomic E-state index is 0.0396. The highest BCUT2D eigenvalue weighted by molar-refractivity contribution is 5.69. The third kappa shape index (κ3) is 3.45. The van der Waals surface area contributed by atoms with Gasteiger partial charge in [-0.1, -0.05) is 6.07 Å². The van der Waals surface area contributed by atoms with Crippen LogP contribution in [0.2, 0.25) is 0 Å². The second-order valence-corrected chi connectivity index (χ2v) is 3.43. The molecule has 5 heteroatoms. The Balaban J connectivity index is 2.79. The molecule has 1 atom stereocenters. The number of nitriles is 1. The van der Waals surface area contributed by atoms with Crippen molar-refractivity contribution >= 4 is 5.97 Å². The Labute approximate surface area is 98.6 Å². The number of esters is 1. The molecule has 0 aliphatic heterocycles. The monoisotopic (exact) mass is 237 g/mol. The molecule has 1 aromatic rings. The lowest BCUT2D eigenvalue weighted by atomic mass is 10.2. The van der Waals surface area contributed by atoms with Crippen LogP contribution in [0, 0.1) is 17.1 Å². The molecular weight excluding hydrogens is 225 g/mol. The minimum atomic E-state index is -0.643. The summed E-state index contributed by atoms with van der Waals surface area (Å²) in [5, 5.41) is 8.78. The number of benzene rings is 1. The van der Waals surface area contributed by atoms with E-state index < -0.39 is 17.9 Å². The van der Waals surface area contributed by atoms with Gasteiger partial charge in [0.05, 0.1) is 13.5 Å². The molecule has 0 aliphatic rings. The maximum Gasteiger partial charge on any atom is 0.309 e. The average Bonchev–Trinajstić information content (AvgIpc) is 2.29. The highest BCUT2D eigenvalue weighted by Gasteiger charge is 2.14. The third-order valence-corrected chi connectivity index (χ3v) is 2.10. The van der Waals surface area contributed by atoms with Crippen LogP contribution in [0.4, 0.5) is 4.39 Å². The zero-order valence-corrected chi connectivity index (χ0v) is 9.57. The van der Waals surface area contributed by atoms with Crippen LogP contribution in [-0.4, -0.2) is 19.2 Å². The number of carbonyl (C=O) groups is 1. The van der Waals surface area contributed by atoms with E-state index in [-0.39, 0.29) is 17.7 Å². The lowest BCUT2D eigenvalue weighted by Gasteiger charge is -2.14. The van der Waals surface area contributed by atoms with E-state index in [9.17, 15) is 9.18 Å². The van der Waals surface area contributed by atoms with Gasteiger partial charge in [0.1, 0.15) is 29.3 Å². The summed E-state index contributed by atoms with van der Waals surface area (Å²) in [6, 6.07) is 5.82. The summed E-state index contributed by atoms with van der Waals surface area (Å²) in [5.74, 6) is -0.938. The summed E-state index contributed by atoms with van der Waals surface area (Å²) in [7, 11) is 1.28. The smallest absolute Gasteiger partial charge is 0.309 e. The van der Waals surface area contributed by atoms with Crippen LogP contribution in [0.5, 0.6) is 5.75 Å². The molecule has 0 heterocycles. The topological polar surface area (TPSA) is 59.3 Å². The largest absolute Gasteiger partial charge is 0.489 e. The fourth-order valence-corrected chi connectivity index (χ4v) is 1.29. The van der Waals surface area contributed by atoms with Crippen LogP contribution in [0.3, 0.4) is 0 Å². The molecule has 0 aliphatic carbocycles. The summed E-state index contributed by atoms with van der Waals surface area (Å²) in [6.45, 7) is 1.64. The van der Waals surface area contributed by atoms with Crippen molar-refractivity contribution in [2.24, 2.45) is 0 Å². The molecule has 0 saturated heterocycles. The molecule has 0 radical (unpaired) electrons. The van der Waals surface area contributed by atoms with Gasteiger partial charge in [0.15, 0.2) is 0 Å². The van der Waals surface area contributed by atoms with Crippen LogP contribution < -0.4 is 4.74 Å². The standard InChI is InChI=1S/C12H12FNO3/c1-8(6-12(15)16-2)17-11-5-3-4-10(13)9(11)7-14/h3-5,8H,6H2,1-2H3. The molecular formula is C12H12FNO3. The Morgan fingerprint density at radius 2 is 2.29 bits per heavy atom. The molecule has 0 aromatic heterocycles. The first-order chi connectivity index (χ1) is 8.08. The van der Waals surface area contributed by atoms with Crippen molar-refractivity contribution in [3.8, 4) is 11.8 Å². The molecule has 4 nitrogen and oxygen atoms in total. The van der Waals surface area contributed by atoms with Crippen molar-refractivity contribution in [1.82, 2.24) is 0 Å². The Kier molecular flexibility index (Phi) is 4.46. The van der Waals surface area contributed by atoms with Gasteiger partial charge in [-0.2, -0.15) is 5.26 Å². The average molecular weight is 237 g/mol. The zero-order chi connectivity index (χ0) is 12.8. The predicted octanol–water partition coefficient (Wildman–Crippen LogP) is 2.03. The summed E-state index contributed by atoms with van der Waals surface area (Å²) in [4.78, 5) is 11.0. The van der Waals surface area contributed by atoms with Crippen LogP contribution in [0.1, 0.15) is 18.9 Å². The van der Waals surface area contributed by atoms with E-state index in [0.29, 0.717) is 0 Å². The molecule has 1 aromatic carbocycles. The molecule has 0 spiro atoms. The number of rotatable bonds is 4. The van der Waals surface area contributed by atoms with Gasteiger partial charge in [0, 0.05) is 0 Å². The van der Waals surface area contributed by atoms with Gasteiger partial charge in [-0.15, -0.1) is 0 Å². The Bertz CT molecular complexity index is 454. The molecule has 90 valence electrons. The van der Waals surface area contributed by atoms with E-state index in [1.165, 1.54) is 25.3 Å². The molecule has 0 bridgehead atoms. The lowest BCUT2D eigenvalue weighted by Crippen LogP contribution is -2.18. The van der Waals surface area contributed by atoms with Gasteiger partial charge in [-0.3, -0.25) is 4.79 Å². The third-order valence-electron chi connectivity index (χ3n) is 2.10. The van der Waals surface area contributed by atoms with Gasteiger partial charge in [-0.05, 0) is 19.1 Å². The van der Waals surface area contributed by atoms with Crippen molar-refractivity contribution < 1.29 is 18.7 Å². The zero-order valence-electron chi connectivity index (χ0n) is 9.57. The van der Waals surface area contributed by atoms with E-state index in [1.807, 2.05) is 0 Å². The maximum absolute atomic E-state index is 13.2. The first-order valence-corrected chi connectivity index (χ1v) is 5.00. The van der Waals surface area contributed by atoms with Gasteiger partial charge in [0.25, 0.3) is 0 Å². The van der Waals surface area contributed by atoms with Crippen molar-refractivity contribution in [3.63, 3.8) is 0 Å². The number of hydrogen-bond acceptors (Lipinski definition) is 4. The van der Waals surface area contributed by atoms with E-state index >= 15 is 0 Å². The predicted molar refractivity (Wildman–Crippen MR) is 57.8 cm³/mol. The quantitative estimate of drug-likeness (QED) is 0.752. The number of methoxy groups -OCH3 is 1. The highest BCUT2D eigenvalue weighted by Crippen LogP contribution is 2.22. The summed E-state index contributed by atoms with van der Waals surface area (Å²) >= 11 is 0. The van der Waals surface area contributed by atoms with Crippen molar-refractivity contribution in [3.05, 3.63) is 29.6 Å². The summed E-state index contributed by atoms with van der Waals surface area (Å²) in [5.41, 5.74) is -0.163. The normalized spacial score (nSPS) is 11.4. The van der Waals surface area contributed by atoms with E-state index in [2.05, 4.69) is 4.74 Å². The Morgan fingerprint density at radius 3 is 2.88 bits per heavy atom. The van der Waals surface area contributed by atoms with Crippen molar-refractivity contribution in [2.45, 2.75) is 19.4 Å². The van der Waals surface area contributed by atoms with Crippen LogP contribution in [-0.2, 0) is 9.53 Å². The minimum Gasteiger partial charge on any atom is -0.489 e. The Morgan fingerprint density at radius 1 is 1.59 bits per heavy atom. The fourth-order valence-electron chi connectivity index (χ4n) is 1.29. The van der Waals surface area contributed by atoms with Gasteiger partial charge in [0.2, 0.25) is 0 Å². The van der Waals surface area contributed by atoms with E-state index in [0.717, 1.165) is 0 Å². The SMILES string of the molecule is COC(=O)CC(C)Oc1cccc(F)c1C#N. The number of halogens is 1. The lowest BCUT2D eigenvalue weighted by molar-refractivity contribution is -0.142. The fraction of sp³-hybridized carbons (Fsp3) is 0.333. The maximum atomic E-state index is 13.2. The Hall–Kier alpha value is -2.09. The van der Waals surface area contributed by atoms with Crippen molar-refractivity contribution in [2.75, 3.05) is 7.11 Å². The number of nitrogens with zero attached hydrogens (tertiary/aromatic N) is 1. The van der Waals surface area contributed by atoms with E-state index in [1.54, 1.807) is 13.0 Å². The molecule has 0 saturated carbocycles. The second-order valence-electron chi connectivity index (χ2n) is 3.43. The number of hydrogen-bond donors (Lipinski definition) is 0. The highest BCUT2D eigenvalue weighted by atomic mass is 19.1. The van der Waals surface area contributed by atoms with Crippen LogP contribution in [0.25, 0.3) is 0 Å². The summed E-state index contributed by atoms with van der Waals surface area (Å²) < 4.78 is 23.0. The van der Waals surface area contributed by atoms with Gasteiger partial charge in [-0.25, -0.2) is 4.39 Å². The number of carbonyl (C=O) groups excluding carboxylic acids is 1. The molecule has 17 heavy (non-hydrogen) atoms. The second kappa shape index (κ2) is 5.85.